The number of methoxy groups -OCH3 is 1. The van der Waals surface area contributed by atoms with Gasteiger partial charge in [0.15, 0.2) is 0 Å². The van der Waals surface area contributed by atoms with Gasteiger partial charge in [-0.15, -0.1) is 0 Å². The minimum atomic E-state index is -0.0618. The summed E-state index contributed by atoms with van der Waals surface area (Å²) in [7, 11) is 3.38. The molecule has 0 aliphatic rings. The lowest BCUT2D eigenvalue weighted by Gasteiger charge is -2.15. The maximum Gasteiger partial charge on any atom is 0.246 e. The van der Waals surface area contributed by atoms with Crippen molar-refractivity contribution < 1.29 is 14.3 Å². The lowest BCUT2D eigenvalue weighted by Crippen LogP contribution is -2.29. The number of likely N-dealkylation sites (N-methyl/N-ethyl adjacent to an activating group) is 1. The fourth-order valence-corrected chi connectivity index (χ4v) is 2.40. The van der Waals surface area contributed by atoms with E-state index in [4.69, 9.17) is 9.47 Å². The number of benzene rings is 2. The van der Waals surface area contributed by atoms with Gasteiger partial charge in [-0.2, -0.15) is 0 Å². The lowest BCUT2D eigenvalue weighted by molar-refractivity contribution is -0.125. The third kappa shape index (κ3) is 5.74. The summed E-state index contributed by atoms with van der Waals surface area (Å²) < 4.78 is 11.7. The van der Waals surface area contributed by atoms with Crippen molar-refractivity contribution in [1.82, 2.24) is 4.90 Å². The van der Waals surface area contributed by atoms with Gasteiger partial charge >= 0.3 is 0 Å². The van der Waals surface area contributed by atoms with Crippen LogP contribution in [0.3, 0.4) is 0 Å². The molecule has 24 heavy (non-hydrogen) atoms. The maximum absolute atomic E-state index is 12.1. The molecule has 0 aromatic heterocycles. The van der Waals surface area contributed by atoms with E-state index < -0.39 is 0 Å². The van der Waals surface area contributed by atoms with Crippen LogP contribution >= 0.6 is 15.9 Å². The van der Waals surface area contributed by atoms with Crippen molar-refractivity contribution in [3.8, 4) is 11.5 Å². The zero-order valence-electron chi connectivity index (χ0n) is 13.7. The molecule has 0 saturated heterocycles. The number of ether oxygens (including phenoxy) is 2. The monoisotopic (exact) mass is 389 g/mol. The first-order chi connectivity index (χ1) is 11.6. The third-order valence-corrected chi connectivity index (χ3v) is 3.89. The number of hydrogen-bond acceptors (Lipinski definition) is 3. The quantitative estimate of drug-likeness (QED) is 0.671. The van der Waals surface area contributed by atoms with Crippen molar-refractivity contribution in [2.45, 2.75) is 0 Å². The Morgan fingerprint density at radius 3 is 2.54 bits per heavy atom. The van der Waals surface area contributed by atoms with Crippen molar-refractivity contribution in [2.24, 2.45) is 0 Å². The van der Waals surface area contributed by atoms with Crippen LogP contribution in [0.25, 0.3) is 6.08 Å². The van der Waals surface area contributed by atoms with E-state index in [-0.39, 0.29) is 5.91 Å². The molecule has 0 bridgehead atoms. The minimum Gasteiger partial charge on any atom is -0.497 e. The van der Waals surface area contributed by atoms with Gasteiger partial charge in [-0.05, 0) is 48.0 Å². The Kier molecular flexibility index (Phi) is 6.88. The summed E-state index contributed by atoms with van der Waals surface area (Å²) in [5, 5.41) is 0. The molecule has 2 rings (SSSR count). The average Bonchev–Trinajstić information content (AvgIpc) is 2.60. The van der Waals surface area contributed by atoms with Crippen molar-refractivity contribution in [1.29, 1.82) is 0 Å². The molecule has 0 unspecified atom stereocenters. The van der Waals surface area contributed by atoms with E-state index in [0.29, 0.717) is 13.2 Å². The normalized spacial score (nSPS) is 10.6. The van der Waals surface area contributed by atoms with Gasteiger partial charge < -0.3 is 14.4 Å². The molecule has 126 valence electrons. The van der Waals surface area contributed by atoms with Gasteiger partial charge in [0.2, 0.25) is 5.91 Å². The van der Waals surface area contributed by atoms with Gasteiger partial charge in [-0.25, -0.2) is 0 Å². The molecule has 0 heterocycles. The lowest BCUT2D eigenvalue weighted by atomic mass is 10.2. The average molecular weight is 390 g/mol. The van der Waals surface area contributed by atoms with Crippen molar-refractivity contribution in [3.05, 3.63) is 64.6 Å². The van der Waals surface area contributed by atoms with Crippen molar-refractivity contribution >= 4 is 27.9 Å². The van der Waals surface area contributed by atoms with Crippen molar-refractivity contribution in [2.75, 3.05) is 27.3 Å². The van der Waals surface area contributed by atoms with Gasteiger partial charge in [0, 0.05) is 17.6 Å². The Bertz CT molecular complexity index is 698. The van der Waals surface area contributed by atoms with E-state index in [9.17, 15) is 4.79 Å². The molecular weight excluding hydrogens is 370 g/mol. The van der Waals surface area contributed by atoms with Gasteiger partial charge in [-0.3, -0.25) is 4.79 Å². The van der Waals surface area contributed by atoms with E-state index in [2.05, 4.69) is 15.9 Å². The summed E-state index contributed by atoms with van der Waals surface area (Å²) in [6.07, 6.45) is 3.36. The predicted molar refractivity (Wildman–Crippen MR) is 99.3 cm³/mol. The molecule has 0 radical (unpaired) electrons. The highest BCUT2D eigenvalue weighted by molar-refractivity contribution is 9.10. The summed E-state index contributed by atoms with van der Waals surface area (Å²) in [6, 6.07) is 15.1. The van der Waals surface area contributed by atoms with E-state index in [1.165, 1.54) is 0 Å². The molecule has 2 aromatic carbocycles. The molecule has 0 atom stereocenters. The van der Waals surface area contributed by atoms with E-state index in [1.807, 2.05) is 48.5 Å². The van der Waals surface area contributed by atoms with Gasteiger partial charge in [0.1, 0.15) is 18.1 Å². The van der Waals surface area contributed by atoms with Crippen LogP contribution in [0.1, 0.15) is 5.56 Å². The molecule has 1 amide bonds. The van der Waals surface area contributed by atoms with Crippen molar-refractivity contribution in [3.63, 3.8) is 0 Å². The second kappa shape index (κ2) is 9.13. The second-order valence-corrected chi connectivity index (χ2v) is 6.09. The Balaban J connectivity index is 1.78. The first kappa shape index (κ1) is 18.1. The van der Waals surface area contributed by atoms with E-state index >= 15 is 0 Å². The molecule has 2 aromatic rings. The minimum absolute atomic E-state index is 0.0618. The molecule has 0 fully saturated rings. The van der Waals surface area contributed by atoms with Crippen LogP contribution in [-0.2, 0) is 4.79 Å². The van der Waals surface area contributed by atoms with Crippen LogP contribution in [0.5, 0.6) is 11.5 Å². The number of nitrogens with zero attached hydrogens (tertiary/aromatic N) is 1. The molecule has 0 N–H and O–H groups in total. The molecule has 4 nitrogen and oxygen atoms in total. The Hall–Kier alpha value is -2.27. The molecule has 5 heteroatoms. The number of halogens is 1. The largest absolute Gasteiger partial charge is 0.497 e. The molecule has 0 aliphatic carbocycles. The Morgan fingerprint density at radius 1 is 1.17 bits per heavy atom. The van der Waals surface area contributed by atoms with Crippen LogP contribution in [0.2, 0.25) is 0 Å². The second-order valence-electron chi connectivity index (χ2n) is 5.17. The third-order valence-electron chi connectivity index (χ3n) is 3.40. The van der Waals surface area contributed by atoms with Crippen LogP contribution in [0.4, 0.5) is 0 Å². The number of rotatable bonds is 7. The first-order valence-electron chi connectivity index (χ1n) is 7.54. The molecule has 0 spiro atoms. The Labute approximate surface area is 150 Å². The van der Waals surface area contributed by atoms with E-state index in [0.717, 1.165) is 21.5 Å². The Morgan fingerprint density at radius 2 is 1.88 bits per heavy atom. The zero-order chi connectivity index (χ0) is 17.4. The highest BCUT2D eigenvalue weighted by atomic mass is 79.9. The summed E-state index contributed by atoms with van der Waals surface area (Å²) >= 11 is 3.41. The van der Waals surface area contributed by atoms with Crippen LogP contribution < -0.4 is 9.47 Å². The maximum atomic E-state index is 12.1. The van der Waals surface area contributed by atoms with Crippen LogP contribution in [0, 0.1) is 0 Å². The van der Waals surface area contributed by atoms with Gasteiger partial charge in [0.05, 0.1) is 13.7 Å². The summed E-state index contributed by atoms with van der Waals surface area (Å²) in [5.41, 5.74) is 0.973. The molecular formula is C19H20BrNO3. The van der Waals surface area contributed by atoms with E-state index in [1.54, 1.807) is 31.2 Å². The van der Waals surface area contributed by atoms with Crippen LogP contribution in [0.15, 0.2) is 59.1 Å². The highest BCUT2D eigenvalue weighted by Crippen LogP contribution is 2.17. The number of carbonyl (C=O) groups excluding carboxylic acids is 1. The molecule has 0 aliphatic heterocycles. The first-order valence-corrected chi connectivity index (χ1v) is 8.33. The summed E-state index contributed by atoms with van der Waals surface area (Å²) in [6.45, 7) is 0.937. The standard InChI is InChI=1S/C19H20BrNO3/c1-21(12-13-24-18-9-7-17(23-2)8-10-18)19(22)11-6-15-4-3-5-16(20)14-15/h3-11,14H,12-13H2,1-2H3. The smallest absolute Gasteiger partial charge is 0.246 e. The summed E-state index contributed by atoms with van der Waals surface area (Å²) in [4.78, 5) is 13.7. The summed E-state index contributed by atoms with van der Waals surface area (Å²) in [5.74, 6) is 1.47. The number of amides is 1. The SMILES string of the molecule is COc1ccc(OCCN(C)C(=O)C=Cc2cccc(Br)c2)cc1. The predicted octanol–water partition coefficient (Wildman–Crippen LogP) is 4.01. The number of hydrogen-bond donors (Lipinski definition) is 0. The number of carbonyl (C=O) groups is 1. The van der Waals surface area contributed by atoms with Crippen LogP contribution in [-0.4, -0.2) is 38.1 Å². The molecule has 0 saturated carbocycles. The topological polar surface area (TPSA) is 38.8 Å². The van der Waals surface area contributed by atoms with Gasteiger partial charge in [-0.1, -0.05) is 28.1 Å². The highest BCUT2D eigenvalue weighted by Gasteiger charge is 2.05. The zero-order valence-corrected chi connectivity index (χ0v) is 15.3. The fraction of sp³-hybridized carbons (Fsp3) is 0.211. The van der Waals surface area contributed by atoms with Gasteiger partial charge in [0.25, 0.3) is 0 Å². The fourth-order valence-electron chi connectivity index (χ4n) is 1.99.